The Morgan fingerprint density at radius 3 is 2.67 bits per heavy atom. The number of nitrogens with zero attached hydrogens (tertiary/aromatic N) is 2. The summed E-state index contributed by atoms with van der Waals surface area (Å²) in [6.45, 7) is 0.179. The quantitative estimate of drug-likeness (QED) is 0.320. The van der Waals surface area contributed by atoms with Crippen molar-refractivity contribution in [2.75, 3.05) is 6.61 Å². The first-order valence-electron chi connectivity index (χ1n) is 10.7. The van der Waals surface area contributed by atoms with E-state index in [1.807, 2.05) is 36.4 Å². The van der Waals surface area contributed by atoms with Gasteiger partial charge in [-0.1, -0.05) is 24.3 Å². The molecule has 0 aliphatic heterocycles. The number of carbonyl (C=O) groups excluding carboxylic acids is 1. The number of nitrogens with two attached hydrogens (primary N) is 1. The summed E-state index contributed by atoms with van der Waals surface area (Å²) in [4.78, 5) is 22.4. The smallest absolute Gasteiger partial charge is 0.257 e. The van der Waals surface area contributed by atoms with Crippen LogP contribution in [0.4, 0.5) is 0 Å². The van der Waals surface area contributed by atoms with Crippen LogP contribution >= 0.6 is 0 Å². The summed E-state index contributed by atoms with van der Waals surface area (Å²) in [5.41, 5.74) is 7.43. The van der Waals surface area contributed by atoms with Crippen LogP contribution in [0.5, 0.6) is 0 Å². The van der Waals surface area contributed by atoms with Crippen LogP contribution in [-0.4, -0.2) is 41.0 Å². The minimum atomic E-state index is -0.188. The van der Waals surface area contributed by atoms with Gasteiger partial charge in [0.1, 0.15) is 11.4 Å². The molecule has 2 aliphatic carbocycles. The third-order valence-corrected chi connectivity index (χ3v) is 6.10. The van der Waals surface area contributed by atoms with E-state index in [9.17, 15) is 9.90 Å². The summed E-state index contributed by atoms with van der Waals surface area (Å²) in [7, 11) is 0. The average Bonchev–Trinajstić information content (AvgIpc) is 3.18. The van der Waals surface area contributed by atoms with Crippen LogP contribution in [0.2, 0.25) is 0 Å². The third kappa shape index (κ3) is 4.46. The highest BCUT2D eigenvalue weighted by molar-refractivity contribution is 6.20. The predicted molar refractivity (Wildman–Crippen MR) is 118 cm³/mol. The lowest BCUT2D eigenvalue weighted by Crippen LogP contribution is -2.41. The molecular weight excluding hydrogens is 378 g/mol. The Morgan fingerprint density at radius 1 is 1.13 bits per heavy atom. The highest BCUT2D eigenvalue weighted by Gasteiger charge is 2.29. The second kappa shape index (κ2) is 9.26. The monoisotopic (exact) mass is 407 g/mol. The van der Waals surface area contributed by atoms with Crippen LogP contribution in [0.25, 0.3) is 16.5 Å². The summed E-state index contributed by atoms with van der Waals surface area (Å²) in [5, 5.41) is 17.0. The number of rotatable bonds is 7. The predicted octanol–water partition coefficient (Wildman–Crippen LogP) is 2.31. The van der Waals surface area contributed by atoms with Gasteiger partial charge in [0.2, 0.25) is 0 Å². The van der Waals surface area contributed by atoms with Crippen LogP contribution in [0.1, 0.15) is 44.2 Å². The minimum absolute atomic E-state index is 0.132. The number of aromatic nitrogens is 1. The Hall–Kier alpha value is -2.93. The van der Waals surface area contributed by atoms with E-state index in [1.54, 1.807) is 0 Å². The number of benzene rings is 1. The number of hydrogen-bond acceptors (Lipinski definition) is 5. The summed E-state index contributed by atoms with van der Waals surface area (Å²) in [6.07, 6.45) is 7.03. The fourth-order valence-corrected chi connectivity index (χ4v) is 4.17. The molecule has 1 heterocycles. The van der Waals surface area contributed by atoms with Crippen LogP contribution in [0, 0.1) is 5.92 Å². The number of fused-ring (bicyclic) bond motifs is 1. The summed E-state index contributed by atoms with van der Waals surface area (Å²) in [5.74, 6) is 0.518. The van der Waals surface area contributed by atoms with E-state index >= 15 is 0 Å². The maximum absolute atomic E-state index is 13.3. The first-order chi connectivity index (χ1) is 14.7. The molecule has 158 valence electrons. The molecule has 1 amide bonds. The lowest BCUT2D eigenvalue weighted by molar-refractivity contribution is -0.116. The molecule has 2 aliphatic rings. The van der Waals surface area contributed by atoms with Gasteiger partial charge in [-0.2, -0.15) is 0 Å². The van der Waals surface area contributed by atoms with Crippen molar-refractivity contribution in [3.05, 3.63) is 47.9 Å². The number of aliphatic hydroxyl groups is 1. The van der Waals surface area contributed by atoms with Crippen molar-refractivity contribution in [2.24, 2.45) is 16.6 Å². The molecule has 1 aromatic carbocycles. The number of aliphatic hydroxyl groups excluding tert-OH is 1. The zero-order chi connectivity index (χ0) is 20.9. The van der Waals surface area contributed by atoms with Crippen molar-refractivity contribution in [3.8, 4) is 0 Å². The number of para-hydroxylation sites is 1. The Bertz CT molecular complexity index is 967. The molecule has 5 N–H and O–H groups in total. The van der Waals surface area contributed by atoms with Crippen molar-refractivity contribution in [3.63, 3.8) is 0 Å². The number of nitrogens with one attached hydrogen (secondary N) is 2. The molecule has 2 saturated carbocycles. The second-order valence-electron chi connectivity index (χ2n) is 8.20. The normalized spacial score (nSPS) is 22.7. The van der Waals surface area contributed by atoms with Gasteiger partial charge in [-0.05, 0) is 56.6 Å². The van der Waals surface area contributed by atoms with Gasteiger partial charge in [0.05, 0.1) is 17.5 Å². The van der Waals surface area contributed by atoms with Crippen LogP contribution in [0.3, 0.4) is 0 Å². The van der Waals surface area contributed by atoms with E-state index in [4.69, 9.17) is 10.7 Å². The molecule has 0 radical (unpaired) electrons. The van der Waals surface area contributed by atoms with E-state index in [0.29, 0.717) is 17.1 Å². The average molecular weight is 408 g/mol. The largest absolute Gasteiger partial charge is 0.396 e. The lowest BCUT2D eigenvalue weighted by atomic mass is 9.92. The highest BCUT2D eigenvalue weighted by atomic mass is 16.3. The van der Waals surface area contributed by atoms with Crippen molar-refractivity contribution < 1.29 is 9.90 Å². The van der Waals surface area contributed by atoms with Gasteiger partial charge in [-0.3, -0.25) is 4.79 Å². The number of hydrogen-bond donors (Lipinski definition) is 4. The van der Waals surface area contributed by atoms with E-state index in [1.165, 1.54) is 6.34 Å². The number of amides is 1. The van der Waals surface area contributed by atoms with Crippen molar-refractivity contribution >= 4 is 28.7 Å². The highest BCUT2D eigenvalue weighted by Crippen LogP contribution is 2.28. The number of aliphatic imine (C=N–C) groups is 1. The van der Waals surface area contributed by atoms with Gasteiger partial charge in [-0.25, -0.2) is 9.98 Å². The molecule has 2 aromatic rings. The van der Waals surface area contributed by atoms with Gasteiger partial charge in [0.25, 0.3) is 5.91 Å². The maximum atomic E-state index is 13.3. The molecule has 7 nitrogen and oxygen atoms in total. The summed E-state index contributed by atoms with van der Waals surface area (Å²) < 4.78 is 0. The second-order valence-corrected chi connectivity index (χ2v) is 8.20. The molecule has 0 saturated heterocycles. The van der Waals surface area contributed by atoms with E-state index in [0.717, 1.165) is 49.4 Å². The zero-order valence-electron chi connectivity index (χ0n) is 17.1. The first-order valence-corrected chi connectivity index (χ1v) is 10.7. The minimum Gasteiger partial charge on any atom is -0.396 e. The SMILES string of the molecule is N/C=N\C(NC1CCC(CO)C1)=C(/C(=O)NC1CCC1)c1ccc2ccccc2n1. The van der Waals surface area contributed by atoms with E-state index in [2.05, 4.69) is 15.6 Å². The van der Waals surface area contributed by atoms with Crippen molar-refractivity contribution in [1.82, 2.24) is 15.6 Å². The van der Waals surface area contributed by atoms with Crippen molar-refractivity contribution in [2.45, 2.75) is 50.6 Å². The van der Waals surface area contributed by atoms with Gasteiger partial charge >= 0.3 is 0 Å². The van der Waals surface area contributed by atoms with Crippen molar-refractivity contribution in [1.29, 1.82) is 0 Å². The standard InChI is InChI=1S/C23H29N5O2/c24-14-25-22(26-18-10-8-15(12-18)13-29)21(23(30)27-17-5-3-6-17)20-11-9-16-4-1-2-7-19(16)28-20/h1-2,4,7,9,11,14-15,17-18,26,29H,3,5-6,8,10,12-13H2,(H2,24,25)(H,27,30)/b22-21+. The Labute approximate surface area is 176 Å². The third-order valence-electron chi connectivity index (χ3n) is 6.10. The molecule has 0 bridgehead atoms. The number of pyridine rings is 1. The molecule has 0 spiro atoms. The van der Waals surface area contributed by atoms with Gasteiger partial charge in [0.15, 0.2) is 0 Å². The van der Waals surface area contributed by atoms with Crippen LogP contribution in [0.15, 0.2) is 47.2 Å². The van der Waals surface area contributed by atoms with E-state index in [-0.39, 0.29) is 30.5 Å². The summed E-state index contributed by atoms with van der Waals surface area (Å²) in [6, 6.07) is 12.0. The molecule has 4 rings (SSSR count). The number of carbonyl (C=O) groups is 1. The zero-order valence-corrected chi connectivity index (χ0v) is 17.1. The molecule has 30 heavy (non-hydrogen) atoms. The van der Waals surface area contributed by atoms with E-state index < -0.39 is 0 Å². The molecule has 2 unspecified atom stereocenters. The molecule has 2 fully saturated rings. The summed E-state index contributed by atoms with van der Waals surface area (Å²) >= 11 is 0. The molecule has 7 heteroatoms. The van der Waals surface area contributed by atoms with Gasteiger partial charge in [0, 0.05) is 24.1 Å². The fraction of sp³-hybridized carbons (Fsp3) is 0.435. The molecule has 1 aromatic heterocycles. The Kier molecular flexibility index (Phi) is 6.28. The first kappa shape index (κ1) is 20.3. The molecular formula is C23H29N5O2. The van der Waals surface area contributed by atoms with Crippen LogP contribution < -0.4 is 16.4 Å². The Balaban J connectivity index is 1.73. The lowest BCUT2D eigenvalue weighted by Gasteiger charge is -2.27. The van der Waals surface area contributed by atoms with Gasteiger partial charge < -0.3 is 21.5 Å². The maximum Gasteiger partial charge on any atom is 0.257 e. The van der Waals surface area contributed by atoms with Crippen LogP contribution in [-0.2, 0) is 4.79 Å². The molecule has 2 atom stereocenters. The Morgan fingerprint density at radius 2 is 1.97 bits per heavy atom. The fourth-order valence-electron chi connectivity index (χ4n) is 4.17. The van der Waals surface area contributed by atoms with Gasteiger partial charge in [-0.15, -0.1) is 0 Å². The topological polar surface area (TPSA) is 113 Å².